The molecule has 0 amide bonds. The predicted molar refractivity (Wildman–Crippen MR) is 61.0 cm³/mol. The molecule has 1 saturated heterocycles. The largest absolute Gasteiger partial charge is 0.396 e. The molecule has 0 aromatic rings. The Bertz CT molecular complexity index is 144. The van der Waals surface area contributed by atoms with E-state index in [1.54, 1.807) is 7.11 Å². The van der Waals surface area contributed by atoms with Gasteiger partial charge in [-0.05, 0) is 44.8 Å². The van der Waals surface area contributed by atoms with Crippen LogP contribution in [0.4, 0.5) is 0 Å². The van der Waals surface area contributed by atoms with Crippen LogP contribution in [0.1, 0.15) is 19.3 Å². The number of hydrogen-bond donors (Lipinski definition) is 3. The van der Waals surface area contributed by atoms with Gasteiger partial charge in [0.1, 0.15) is 0 Å². The third kappa shape index (κ3) is 5.47. The number of ether oxygens (including phenoxy) is 1. The highest BCUT2D eigenvalue weighted by atomic mass is 16.5. The minimum atomic E-state index is 0.229. The van der Waals surface area contributed by atoms with Crippen molar-refractivity contribution in [1.29, 1.82) is 0 Å². The molecule has 90 valence electrons. The second-order valence-corrected chi connectivity index (χ2v) is 4.27. The van der Waals surface area contributed by atoms with Crippen molar-refractivity contribution in [2.75, 3.05) is 40.0 Å². The highest BCUT2D eigenvalue weighted by molar-refractivity contribution is 4.73. The van der Waals surface area contributed by atoms with E-state index in [1.807, 2.05) is 0 Å². The second kappa shape index (κ2) is 8.05. The van der Waals surface area contributed by atoms with Crippen molar-refractivity contribution in [2.24, 2.45) is 5.92 Å². The summed E-state index contributed by atoms with van der Waals surface area (Å²) in [5, 5.41) is 15.7. The van der Waals surface area contributed by atoms with E-state index < -0.39 is 0 Å². The Balaban J connectivity index is 2.13. The van der Waals surface area contributed by atoms with Crippen LogP contribution in [0, 0.1) is 5.92 Å². The maximum atomic E-state index is 8.89. The van der Waals surface area contributed by atoms with E-state index in [9.17, 15) is 0 Å². The molecule has 0 aromatic carbocycles. The highest BCUT2D eigenvalue weighted by Crippen LogP contribution is 2.10. The normalized spacial score (nSPS) is 20.4. The molecule has 0 bridgehead atoms. The molecule has 4 nitrogen and oxygen atoms in total. The smallest absolute Gasteiger partial charge is 0.0616 e. The summed E-state index contributed by atoms with van der Waals surface area (Å²) < 4.78 is 5.11. The molecule has 15 heavy (non-hydrogen) atoms. The first-order chi connectivity index (χ1) is 7.36. The fourth-order valence-electron chi connectivity index (χ4n) is 2.02. The van der Waals surface area contributed by atoms with Crippen LogP contribution < -0.4 is 10.6 Å². The Kier molecular flexibility index (Phi) is 6.92. The molecule has 1 aliphatic rings. The molecule has 3 N–H and O–H groups in total. The Labute approximate surface area is 92.4 Å². The van der Waals surface area contributed by atoms with Crippen LogP contribution in [-0.2, 0) is 4.74 Å². The monoisotopic (exact) mass is 216 g/mol. The third-order valence-corrected chi connectivity index (χ3v) is 3.00. The lowest BCUT2D eigenvalue weighted by molar-refractivity contribution is 0.144. The summed E-state index contributed by atoms with van der Waals surface area (Å²) >= 11 is 0. The summed E-state index contributed by atoms with van der Waals surface area (Å²) in [4.78, 5) is 0. The third-order valence-electron chi connectivity index (χ3n) is 3.00. The summed E-state index contributed by atoms with van der Waals surface area (Å²) in [6.45, 7) is 4.25. The molecule has 0 aliphatic carbocycles. The molecule has 1 fully saturated rings. The van der Waals surface area contributed by atoms with Crippen molar-refractivity contribution in [2.45, 2.75) is 25.3 Å². The average molecular weight is 216 g/mol. The maximum Gasteiger partial charge on any atom is 0.0616 e. The standard InChI is InChI=1S/C11H24N2O2/c1-15-9-11(4-7-14)13-8-10-2-5-12-6-3-10/h10-14H,2-9H2,1H3. The van der Waals surface area contributed by atoms with Gasteiger partial charge in [0.05, 0.1) is 6.61 Å². The van der Waals surface area contributed by atoms with E-state index in [0.29, 0.717) is 12.6 Å². The fraction of sp³-hybridized carbons (Fsp3) is 1.00. The highest BCUT2D eigenvalue weighted by Gasteiger charge is 2.14. The Morgan fingerprint density at radius 3 is 2.80 bits per heavy atom. The number of methoxy groups -OCH3 is 1. The minimum absolute atomic E-state index is 0.229. The first-order valence-electron chi connectivity index (χ1n) is 5.90. The predicted octanol–water partition coefficient (Wildman–Crippen LogP) is -0.0270. The van der Waals surface area contributed by atoms with Crippen molar-refractivity contribution in [3.8, 4) is 0 Å². The van der Waals surface area contributed by atoms with Crippen molar-refractivity contribution in [3.63, 3.8) is 0 Å². The molecule has 0 aromatic heterocycles. The zero-order valence-electron chi connectivity index (χ0n) is 9.67. The second-order valence-electron chi connectivity index (χ2n) is 4.27. The molecular weight excluding hydrogens is 192 g/mol. The SMILES string of the molecule is COCC(CCO)NCC1CCNCC1. The molecule has 4 heteroatoms. The van der Waals surface area contributed by atoms with Gasteiger partial charge in [0.2, 0.25) is 0 Å². The van der Waals surface area contributed by atoms with Gasteiger partial charge in [-0.2, -0.15) is 0 Å². The molecule has 1 heterocycles. The van der Waals surface area contributed by atoms with E-state index in [2.05, 4.69) is 10.6 Å². The van der Waals surface area contributed by atoms with Crippen LogP contribution in [0.15, 0.2) is 0 Å². The summed E-state index contributed by atoms with van der Waals surface area (Å²) in [5.74, 6) is 0.782. The number of aliphatic hydroxyl groups excluding tert-OH is 1. The fourth-order valence-corrected chi connectivity index (χ4v) is 2.02. The zero-order chi connectivity index (χ0) is 10.9. The van der Waals surface area contributed by atoms with E-state index in [0.717, 1.165) is 32.0 Å². The first kappa shape index (κ1) is 12.9. The molecule has 0 spiro atoms. The summed E-state index contributed by atoms with van der Waals surface area (Å²) in [5.41, 5.74) is 0. The van der Waals surface area contributed by atoms with Crippen LogP contribution in [0.3, 0.4) is 0 Å². The Hall–Kier alpha value is -0.160. The van der Waals surface area contributed by atoms with Gasteiger partial charge >= 0.3 is 0 Å². The van der Waals surface area contributed by atoms with E-state index in [-0.39, 0.29) is 6.61 Å². The van der Waals surface area contributed by atoms with Gasteiger partial charge in [-0.25, -0.2) is 0 Å². The van der Waals surface area contributed by atoms with Gasteiger partial charge < -0.3 is 20.5 Å². The van der Waals surface area contributed by atoms with Crippen molar-refractivity contribution in [3.05, 3.63) is 0 Å². The first-order valence-corrected chi connectivity index (χ1v) is 5.90. The summed E-state index contributed by atoms with van der Waals surface area (Å²) in [6.07, 6.45) is 3.29. The van der Waals surface area contributed by atoms with Crippen LogP contribution in [0.2, 0.25) is 0 Å². The quantitative estimate of drug-likeness (QED) is 0.559. The molecule has 1 atom stereocenters. The molecule has 0 saturated carbocycles. The van der Waals surface area contributed by atoms with E-state index >= 15 is 0 Å². The van der Waals surface area contributed by atoms with Crippen molar-refractivity contribution >= 4 is 0 Å². The van der Waals surface area contributed by atoms with Gasteiger partial charge in [-0.1, -0.05) is 0 Å². The van der Waals surface area contributed by atoms with Gasteiger partial charge in [-0.3, -0.25) is 0 Å². The van der Waals surface area contributed by atoms with Crippen LogP contribution in [0.25, 0.3) is 0 Å². The van der Waals surface area contributed by atoms with Crippen LogP contribution in [0.5, 0.6) is 0 Å². The number of hydrogen-bond acceptors (Lipinski definition) is 4. The zero-order valence-corrected chi connectivity index (χ0v) is 9.67. The molecule has 1 unspecified atom stereocenters. The molecule has 1 aliphatic heterocycles. The summed E-state index contributed by atoms with van der Waals surface area (Å²) in [7, 11) is 1.70. The lowest BCUT2D eigenvalue weighted by Gasteiger charge is -2.25. The van der Waals surface area contributed by atoms with Crippen molar-refractivity contribution < 1.29 is 9.84 Å². The van der Waals surface area contributed by atoms with E-state index in [4.69, 9.17) is 9.84 Å². The lowest BCUT2D eigenvalue weighted by Crippen LogP contribution is -2.40. The Morgan fingerprint density at radius 2 is 2.20 bits per heavy atom. The molecular formula is C11H24N2O2. The number of aliphatic hydroxyl groups is 1. The molecule has 1 rings (SSSR count). The number of piperidine rings is 1. The van der Waals surface area contributed by atoms with Crippen LogP contribution >= 0.6 is 0 Å². The topological polar surface area (TPSA) is 53.5 Å². The maximum absolute atomic E-state index is 8.89. The summed E-state index contributed by atoms with van der Waals surface area (Å²) in [6, 6.07) is 0.301. The average Bonchev–Trinajstić information content (AvgIpc) is 2.28. The van der Waals surface area contributed by atoms with Gasteiger partial charge in [0.15, 0.2) is 0 Å². The molecule has 0 radical (unpaired) electrons. The van der Waals surface area contributed by atoms with Gasteiger partial charge in [0.25, 0.3) is 0 Å². The van der Waals surface area contributed by atoms with Crippen LogP contribution in [-0.4, -0.2) is 51.1 Å². The lowest BCUT2D eigenvalue weighted by atomic mass is 9.98. The number of rotatable bonds is 7. The van der Waals surface area contributed by atoms with Crippen molar-refractivity contribution in [1.82, 2.24) is 10.6 Å². The minimum Gasteiger partial charge on any atom is -0.396 e. The Morgan fingerprint density at radius 1 is 1.47 bits per heavy atom. The van der Waals surface area contributed by atoms with Gasteiger partial charge in [-0.15, -0.1) is 0 Å². The van der Waals surface area contributed by atoms with Gasteiger partial charge in [0, 0.05) is 19.8 Å². The number of nitrogens with one attached hydrogen (secondary N) is 2. The van der Waals surface area contributed by atoms with E-state index in [1.165, 1.54) is 12.8 Å².